The van der Waals surface area contributed by atoms with Gasteiger partial charge in [-0.05, 0) is 30.7 Å². The number of rotatable bonds is 4. The van der Waals surface area contributed by atoms with E-state index in [1.807, 2.05) is 40.6 Å². The van der Waals surface area contributed by atoms with Gasteiger partial charge in [0.25, 0.3) is 0 Å². The predicted molar refractivity (Wildman–Crippen MR) is 102 cm³/mol. The number of carbonyl (C=O) groups excluding carboxylic acids is 1. The van der Waals surface area contributed by atoms with Gasteiger partial charge in [0.05, 0.1) is 11.3 Å². The number of hydrogen-bond acceptors (Lipinski definition) is 4. The zero-order valence-corrected chi connectivity index (χ0v) is 14.7. The van der Waals surface area contributed by atoms with Crippen LogP contribution in [-0.2, 0) is 4.79 Å². The van der Waals surface area contributed by atoms with Crippen molar-refractivity contribution in [3.05, 3.63) is 59.5 Å². The van der Waals surface area contributed by atoms with Crippen LogP contribution in [0.25, 0.3) is 21.8 Å². The molecule has 1 fully saturated rings. The highest BCUT2D eigenvalue weighted by Crippen LogP contribution is 2.31. The van der Waals surface area contributed by atoms with Gasteiger partial charge >= 0.3 is 5.97 Å². The number of carbonyl (C=O) groups is 2. The van der Waals surface area contributed by atoms with E-state index in [0.717, 1.165) is 40.5 Å². The Morgan fingerprint density at radius 2 is 1.92 bits per heavy atom. The van der Waals surface area contributed by atoms with Gasteiger partial charge in [0.1, 0.15) is 5.01 Å². The molecule has 1 aromatic heterocycles. The van der Waals surface area contributed by atoms with Crippen LogP contribution < -0.4 is 4.90 Å². The Morgan fingerprint density at radius 1 is 1.12 bits per heavy atom. The minimum absolute atomic E-state index is 0.173. The monoisotopic (exact) mass is 364 g/mol. The summed E-state index contributed by atoms with van der Waals surface area (Å²) in [6.07, 6.45) is 1.53. The molecule has 6 heteroatoms. The molecule has 0 bridgehead atoms. The zero-order chi connectivity index (χ0) is 18.1. The minimum Gasteiger partial charge on any atom is -0.478 e. The second-order valence-corrected chi connectivity index (χ2v) is 6.98. The first kappa shape index (κ1) is 16.5. The first-order valence-electron chi connectivity index (χ1n) is 8.32. The number of carboxylic acid groups (broad SMARTS) is 1. The number of carboxylic acids is 1. The van der Waals surface area contributed by atoms with E-state index >= 15 is 0 Å². The number of anilines is 1. The van der Waals surface area contributed by atoms with Crippen LogP contribution in [0.3, 0.4) is 0 Å². The van der Waals surface area contributed by atoms with Gasteiger partial charge in [0.15, 0.2) is 0 Å². The smallest absolute Gasteiger partial charge is 0.335 e. The summed E-state index contributed by atoms with van der Waals surface area (Å²) in [5.74, 6) is -0.775. The van der Waals surface area contributed by atoms with Crippen LogP contribution in [-0.4, -0.2) is 28.5 Å². The van der Waals surface area contributed by atoms with E-state index in [1.54, 1.807) is 18.2 Å². The maximum atomic E-state index is 11.8. The van der Waals surface area contributed by atoms with Crippen molar-refractivity contribution in [3.63, 3.8) is 0 Å². The van der Waals surface area contributed by atoms with Gasteiger partial charge in [-0.15, -0.1) is 11.3 Å². The lowest BCUT2D eigenvalue weighted by atomic mass is 10.1. The van der Waals surface area contributed by atoms with Crippen LogP contribution in [0.2, 0.25) is 0 Å². The molecule has 4 rings (SSSR count). The van der Waals surface area contributed by atoms with Gasteiger partial charge in [-0.3, -0.25) is 4.79 Å². The fourth-order valence-electron chi connectivity index (χ4n) is 3.06. The van der Waals surface area contributed by atoms with E-state index in [0.29, 0.717) is 6.42 Å². The summed E-state index contributed by atoms with van der Waals surface area (Å²) in [6, 6.07) is 14.6. The van der Waals surface area contributed by atoms with Crippen molar-refractivity contribution in [3.8, 4) is 21.8 Å². The number of hydrogen-bond donors (Lipinski definition) is 1. The van der Waals surface area contributed by atoms with E-state index in [-0.39, 0.29) is 11.5 Å². The fourth-order valence-corrected chi connectivity index (χ4v) is 3.88. The molecule has 1 amide bonds. The molecule has 1 saturated heterocycles. The Morgan fingerprint density at radius 3 is 2.62 bits per heavy atom. The number of benzene rings is 2. The van der Waals surface area contributed by atoms with Crippen LogP contribution in [0.5, 0.6) is 0 Å². The van der Waals surface area contributed by atoms with Crippen LogP contribution in [0, 0.1) is 0 Å². The molecule has 0 saturated carbocycles. The number of amides is 1. The van der Waals surface area contributed by atoms with Crippen molar-refractivity contribution in [1.82, 2.24) is 4.98 Å². The van der Waals surface area contributed by atoms with Crippen LogP contribution >= 0.6 is 11.3 Å². The lowest BCUT2D eigenvalue weighted by Crippen LogP contribution is -2.23. The Kier molecular flexibility index (Phi) is 4.26. The molecular weight excluding hydrogens is 348 g/mol. The average Bonchev–Trinajstić information content (AvgIpc) is 3.31. The van der Waals surface area contributed by atoms with Gasteiger partial charge < -0.3 is 10.0 Å². The molecule has 26 heavy (non-hydrogen) atoms. The van der Waals surface area contributed by atoms with Crippen molar-refractivity contribution in [2.45, 2.75) is 12.8 Å². The highest BCUT2D eigenvalue weighted by atomic mass is 32.1. The molecule has 130 valence electrons. The Hall–Kier alpha value is -2.99. The highest BCUT2D eigenvalue weighted by Gasteiger charge is 2.21. The second-order valence-electron chi connectivity index (χ2n) is 6.12. The molecule has 0 unspecified atom stereocenters. The summed E-state index contributed by atoms with van der Waals surface area (Å²) >= 11 is 1.48. The van der Waals surface area contributed by atoms with E-state index in [9.17, 15) is 9.59 Å². The molecule has 0 atom stereocenters. The third kappa shape index (κ3) is 3.11. The van der Waals surface area contributed by atoms with Gasteiger partial charge in [-0.25, -0.2) is 9.78 Å². The largest absolute Gasteiger partial charge is 0.478 e. The van der Waals surface area contributed by atoms with Crippen molar-refractivity contribution in [2.24, 2.45) is 0 Å². The van der Waals surface area contributed by atoms with Crippen molar-refractivity contribution in [1.29, 1.82) is 0 Å². The number of thiazole rings is 1. The summed E-state index contributed by atoms with van der Waals surface area (Å²) in [4.78, 5) is 29.4. The molecule has 1 aliphatic rings. The van der Waals surface area contributed by atoms with Crippen molar-refractivity contribution >= 4 is 28.9 Å². The zero-order valence-electron chi connectivity index (χ0n) is 13.9. The molecular formula is C20H16N2O3S. The molecule has 0 aliphatic carbocycles. The second kappa shape index (κ2) is 6.72. The van der Waals surface area contributed by atoms with Gasteiger partial charge in [0, 0.05) is 35.2 Å². The summed E-state index contributed by atoms with van der Waals surface area (Å²) in [6.45, 7) is 0.777. The van der Waals surface area contributed by atoms with E-state index in [1.165, 1.54) is 11.3 Å². The molecule has 0 radical (unpaired) electrons. The molecule has 3 aromatic rings. The lowest BCUT2D eigenvalue weighted by molar-refractivity contribution is -0.117. The molecule has 0 spiro atoms. The topological polar surface area (TPSA) is 70.5 Å². The maximum absolute atomic E-state index is 11.8. The molecule has 1 aliphatic heterocycles. The first-order chi connectivity index (χ1) is 12.6. The Bertz CT molecular complexity index is 979. The summed E-state index contributed by atoms with van der Waals surface area (Å²) in [5, 5.41) is 11.9. The van der Waals surface area contributed by atoms with E-state index in [2.05, 4.69) is 4.98 Å². The van der Waals surface area contributed by atoms with E-state index < -0.39 is 5.97 Å². The molecule has 5 nitrogen and oxygen atoms in total. The SMILES string of the molecule is O=C(O)c1cccc(-c2nc(-c3ccc(N4CCCC4=O)cc3)cs2)c1. The number of aromatic carboxylic acids is 1. The minimum atomic E-state index is -0.948. The summed E-state index contributed by atoms with van der Waals surface area (Å²) in [5.41, 5.74) is 3.77. The van der Waals surface area contributed by atoms with Crippen molar-refractivity contribution < 1.29 is 14.7 Å². The molecule has 1 N–H and O–H groups in total. The standard InChI is InChI=1S/C20H16N2O3S/c23-18-5-2-10-22(18)16-8-6-13(7-9-16)17-12-26-19(21-17)14-3-1-4-15(11-14)20(24)25/h1,3-4,6-9,11-12H,2,5,10H2,(H,24,25). The normalized spacial score (nSPS) is 14.0. The predicted octanol–water partition coefficient (Wildman–Crippen LogP) is 4.30. The van der Waals surface area contributed by atoms with E-state index in [4.69, 9.17) is 5.11 Å². The van der Waals surface area contributed by atoms with Gasteiger partial charge in [-0.2, -0.15) is 0 Å². The number of aromatic nitrogens is 1. The average molecular weight is 364 g/mol. The van der Waals surface area contributed by atoms with Crippen LogP contribution in [0.4, 0.5) is 5.69 Å². The third-order valence-corrected chi connectivity index (χ3v) is 5.30. The Balaban J connectivity index is 1.59. The first-order valence-corrected chi connectivity index (χ1v) is 9.20. The maximum Gasteiger partial charge on any atom is 0.335 e. The van der Waals surface area contributed by atoms with Crippen molar-refractivity contribution in [2.75, 3.05) is 11.4 Å². The summed E-state index contributed by atoms with van der Waals surface area (Å²) in [7, 11) is 0. The highest BCUT2D eigenvalue weighted by molar-refractivity contribution is 7.13. The van der Waals surface area contributed by atoms with Crippen LogP contribution in [0.15, 0.2) is 53.9 Å². The van der Waals surface area contributed by atoms with Gasteiger partial charge in [-0.1, -0.05) is 24.3 Å². The van der Waals surface area contributed by atoms with Crippen LogP contribution in [0.1, 0.15) is 23.2 Å². The molecule has 2 aromatic carbocycles. The number of nitrogens with zero attached hydrogens (tertiary/aromatic N) is 2. The van der Waals surface area contributed by atoms with Gasteiger partial charge in [0.2, 0.25) is 5.91 Å². The molecule has 2 heterocycles. The quantitative estimate of drug-likeness (QED) is 0.749. The Labute approximate surface area is 154 Å². The fraction of sp³-hybridized carbons (Fsp3) is 0.150. The third-order valence-electron chi connectivity index (χ3n) is 4.41. The lowest BCUT2D eigenvalue weighted by Gasteiger charge is -2.15. The summed E-state index contributed by atoms with van der Waals surface area (Å²) < 4.78 is 0.